The van der Waals surface area contributed by atoms with Crippen molar-refractivity contribution < 1.29 is 19.0 Å². The number of halogens is 3. The average Bonchev–Trinajstić information content (AvgIpc) is 3.27. The van der Waals surface area contributed by atoms with Crippen LogP contribution in [0.3, 0.4) is 0 Å². The van der Waals surface area contributed by atoms with Crippen molar-refractivity contribution in [3.05, 3.63) is 85.8 Å². The summed E-state index contributed by atoms with van der Waals surface area (Å²) in [6.45, 7) is 0.450. The van der Waals surface area contributed by atoms with Gasteiger partial charge in [0.15, 0.2) is 11.5 Å². The molecule has 1 aliphatic rings. The van der Waals surface area contributed by atoms with Crippen molar-refractivity contribution in [1.82, 2.24) is 0 Å². The van der Waals surface area contributed by atoms with Gasteiger partial charge in [-0.05, 0) is 54.1 Å². The van der Waals surface area contributed by atoms with E-state index < -0.39 is 5.91 Å². The van der Waals surface area contributed by atoms with Gasteiger partial charge < -0.3 is 19.5 Å². The molecule has 0 bridgehead atoms. The van der Waals surface area contributed by atoms with Crippen LogP contribution >= 0.6 is 39.1 Å². The van der Waals surface area contributed by atoms with Crippen LogP contribution in [-0.4, -0.2) is 12.7 Å². The van der Waals surface area contributed by atoms with Gasteiger partial charge in [0.25, 0.3) is 5.91 Å². The SMILES string of the molecule is N#C/C(=C/c1cc(Br)ccc1OCc1ccc2c(c1)OCO2)C(=O)Nc1cccc(Cl)c1Cl. The van der Waals surface area contributed by atoms with E-state index >= 15 is 0 Å². The molecule has 33 heavy (non-hydrogen) atoms. The van der Waals surface area contributed by atoms with Crippen molar-refractivity contribution in [3.63, 3.8) is 0 Å². The summed E-state index contributed by atoms with van der Waals surface area (Å²) in [6, 6.07) is 17.6. The Morgan fingerprint density at radius 2 is 1.97 bits per heavy atom. The number of ether oxygens (including phenoxy) is 3. The molecule has 1 amide bonds. The van der Waals surface area contributed by atoms with E-state index in [1.54, 1.807) is 30.3 Å². The van der Waals surface area contributed by atoms with E-state index in [2.05, 4.69) is 21.2 Å². The summed E-state index contributed by atoms with van der Waals surface area (Å²) in [5.74, 6) is 1.23. The molecule has 0 atom stereocenters. The van der Waals surface area contributed by atoms with Crippen molar-refractivity contribution in [3.8, 4) is 23.3 Å². The van der Waals surface area contributed by atoms with Gasteiger partial charge in [0.2, 0.25) is 6.79 Å². The summed E-state index contributed by atoms with van der Waals surface area (Å²) in [4.78, 5) is 12.7. The highest BCUT2D eigenvalue weighted by atomic mass is 79.9. The number of carbonyl (C=O) groups excluding carboxylic acids is 1. The van der Waals surface area contributed by atoms with Gasteiger partial charge in [-0.2, -0.15) is 5.26 Å². The van der Waals surface area contributed by atoms with Crippen LogP contribution in [-0.2, 0) is 11.4 Å². The second kappa shape index (κ2) is 10.2. The van der Waals surface area contributed by atoms with Gasteiger partial charge in [-0.15, -0.1) is 0 Å². The molecule has 0 radical (unpaired) electrons. The number of nitrogens with zero attached hydrogens (tertiary/aromatic N) is 1. The lowest BCUT2D eigenvalue weighted by Crippen LogP contribution is -2.14. The Labute approximate surface area is 208 Å². The van der Waals surface area contributed by atoms with E-state index in [9.17, 15) is 10.1 Å². The van der Waals surface area contributed by atoms with Crippen LogP contribution < -0.4 is 19.5 Å². The highest BCUT2D eigenvalue weighted by Crippen LogP contribution is 2.34. The number of amides is 1. The molecule has 0 aliphatic carbocycles. The lowest BCUT2D eigenvalue weighted by atomic mass is 10.1. The first-order chi connectivity index (χ1) is 15.9. The van der Waals surface area contributed by atoms with Crippen molar-refractivity contribution in [2.75, 3.05) is 12.1 Å². The molecule has 1 aliphatic heterocycles. The summed E-state index contributed by atoms with van der Waals surface area (Å²) in [5.41, 5.74) is 1.61. The van der Waals surface area contributed by atoms with E-state index in [1.807, 2.05) is 30.3 Å². The largest absolute Gasteiger partial charge is 0.488 e. The summed E-state index contributed by atoms with van der Waals surface area (Å²) in [5, 5.41) is 12.7. The standard InChI is InChI=1S/C24H15BrCl2N2O4/c25-17-5-7-20(31-12-14-4-6-21-22(8-14)33-13-32-21)15(10-17)9-16(11-28)24(30)29-19-3-1-2-18(26)23(19)27/h1-10H,12-13H2,(H,29,30)/b16-9-. The molecule has 9 heteroatoms. The van der Waals surface area contributed by atoms with Crippen molar-refractivity contribution in [1.29, 1.82) is 5.26 Å². The van der Waals surface area contributed by atoms with Gasteiger partial charge in [0, 0.05) is 10.0 Å². The quantitative estimate of drug-likeness (QED) is 0.278. The predicted molar refractivity (Wildman–Crippen MR) is 130 cm³/mol. The highest BCUT2D eigenvalue weighted by Gasteiger charge is 2.16. The Morgan fingerprint density at radius 3 is 2.79 bits per heavy atom. The first-order valence-electron chi connectivity index (χ1n) is 9.62. The summed E-state index contributed by atoms with van der Waals surface area (Å²) >= 11 is 15.5. The lowest BCUT2D eigenvalue weighted by molar-refractivity contribution is -0.112. The third-order valence-electron chi connectivity index (χ3n) is 4.67. The van der Waals surface area contributed by atoms with Crippen LogP contribution in [0.25, 0.3) is 6.08 Å². The number of nitrogens with one attached hydrogen (secondary N) is 1. The predicted octanol–water partition coefficient (Wildman–Crippen LogP) is 6.61. The number of fused-ring (bicyclic) bond motifs is 1. The molecule has 0 fully saturated rings. The van der Waals surface area contributed by atoms with Crippen LogP contribution in [0.2, 0.25) is 10.0 Å². The fourth-order valence-electron chi connectivity index (χ4n) is 3.05. The molecule has 4 rings (SSSR count). The topological polar surface area (TPSA) is 80.6 Å². The normalized spacial score (nSPS) is 12.2. The third-order valence-corrected chi connectivity index (χ3v) is 5.98. The number of carbonyl (C=O) groups is 1. The van der Waals surface area contributed by atoms with E-state index in [-0.39, 0.29) is 24.0 Å². The number of hydrogen-bond acceptors (Lipinski definition) is 5. The highest BCUT2D eigenvalue weighted by molar-refractivity contribution is 9.10. The molecule has 0 aromatic heterocycles. The van der Waals surface area contributed by atoms with Gasteiger partial charge in [-0.1, -0.05) is 51.3 Å². The zero-order valence-electron chi connectivity index (χ0n) is 16.9. The van der Waals surface area contributed by atoms with Gasteiger partial charge in [0.05, 0.1) is 15.7 Å². The molecule has 1 N–H and O–H groups in total. The molecule has 0 unspecified atom stereocenters. The first-order valence-corrected chi connectivity index (χ1v) is 11.2. The maximum Gasteiger partial charge on any atom is 0.266 e. The second-order valence-corrected chi connectivity index (χ2v) is 8.58. The molecule has 1 heterocycles. The smallest absolute Gasteiger partial charge is 0.266 e. The molecule has 0 saturated carbocycles. The average molecular weight is 546 g/mol. The Bertz CT molecular complexity index is 1300. The van der Waals surface area contributed by atoms with Gasteiger partial charge in [-0.25, -0.2) is 0 Å². The maximum atomic E-state index is 12.7. The van der Waals surface area contributed by atoms with E-state index in [4.69, 9.17) is 37.4 Å². The maximum absolute atomic E-state index is 12.7. The van der Waals surface area contributed by atoms with Crippen LogP contribution in [0.4, 0.5) is 5.69 Å². The van der Waals surface area contributed by atoms with Crippen molar-refractivity contribution >= 4 is 56.8 Å². The molecule has 6 nitrogen and oxygen atoms in total. The van der Waals surface area contributed by atoms with Crippen LogP contribution in [0.15, 0.2) is 64.6 Å². The Morgan fingerprint density at radius 1 is 1.15 bits per heavy atom. The van der Waals surface area contributed by atoms with Crippen LogP contribution in [0, 0.1) is 11.3 Å². The molecule has 0 saturated heterocycles. The minimum atomic E-state index is -0.622. The van der Waals surface area contributed by atoms with E-state index in [0.29, 0.717) is 33.5 Å². The summed E-state index contributed by atoms with van der Waals surface area (Å²) < 4.78 is 17.5. The minimum Gasteiger partial charge on any atom is -0.488 e. The lowest BCUT2D eigenvalue weighted by Gasteiger charge is -2.11. The fourth-order valence-corrected chi connectivity index (χ4v) is 3.78. The first kappa shape index (κ1) is 23.0. The molecule has 166 valence electrons. The van der Waals surface area contributed by atoms with Gasteiger partial charge in [-0.3, -0.25) is 4.79 Å². The number of anilines is 1. The van der Waals surface area contributed by atoms with Crippen LogP contribution in [0.5, 0.6) is 17.2 Å². The second-order valence-electron chi connectivity index (χ2n) is 6.88. The van der Waals surface area contributed by atoms with Crippen LogP contribution in [0.1, 0.15) is 11.1 Å². The monoisotopic (exact) mass is 544 g/mol. The van der Waals surface area contributed by atoms with Gasteiger partial charge in [0.1, 0.15) is 24.0 Å². The Kier molecular flexibility index (Phi) is 7.09. The summed E-state index contributed by atoms with van der Waals surface area (Å²) in [7, 11) is 0. The minimum absolute atomic E-state index is 0.128. The van der Waals surface area contributed by atoms with Crippen molar-refractivity contribution in [2.45, 2.75) is 6.61 Å². The van der Waals surface area contributed by atoms with Crippen molar-refractivity contribution in [2.24, 2.45) is 0 Å². The Hall–Kier alpha value is -3.18. The zero-order valence-corrected chi connectivity index (χ0v) is 20.0. The molecule has 3 aromatic rings. The molecular formula is C24H15BrCl2N2O4. The summed E-state index contributed by atoms with van der Waals surface area (Å²) in [6.07, 6.45) is 1.45. The Balaban J connectivity index is 1.55. The van der Waals surface area contributed by atoms with E-state index in [1.165, 1.54) is 6.08 Å². The number of hydrogen-bond donors (Lipinski definition) is 1. The molecular weight excluding hydrogens is 531 g/mol. The third kappa shape index (κ3) is 5.42. The fraction of sp³-hybridized carbons (Fsp3) is 0.0833. The number of nitriles is 1. The van der Waals surface area contributed by atoms with E-state index in [0.717, 1.165) is 10.0 Å². The number of benzene rings is 3. The van der Waals surface area contributed by atoms with Gasteiger partial charge >= 0.3 is 0 Å². The zero-order chi connectivity index (χ0) is 23.4. The molecule has 0 spiro atoms. The number of rotatable bonds is 6. The molecule has 3 aromatic carbocycles.